The number of benzene rings is 8. The van der Waals surface area contributed by atoms with E-state index in [4.69, 9.17) is 19.9 Å². The van der Waals surface area contributed by atoms with Crippen LogP contribution < -0.4 is 0 Å². The Morgan fingerprint density at radius 3 is 1.52 bits per heavy atom. The molecule has 8 aromatic carbocycles. The van der Waals surface area contributed by atoms with Crippen LogP contribution in [-0.2, 0) is 5.41 Å². The second-order valence-electron chi connectivity index (χ2n) is 15.3. The lowest BCUT2D eigenvalue weighted by Gasteiger charge is -2.41. The minimum absolute atomic E-state index is 0.596. The van der Waals surface area contributed by atoms with E-state index in [9.17, 15) is 0 Å². The summed E-state index contributed by atoms with van der Waals surface area (Å²) in [6, 6.07) is 71.3. The maximum atomic E-state index is 5.28. The van der Waals surface area contributed by atoms with Crippen molar-refractivity contribution in [2.45, 2.75) is 15.2 Å². The van der Waals surface area contributed by atoms with Crippen molar-refractivity contribution in [1.82, 2.24) is 19.9 Å². The molecule has 1 spiro atoms. The predicted octanol–water partition coefficient (Wildman–Crippen LogP) is 13.6. The second-order valence-corrected chi connectivity index (χ2v) is 16.3. The van der Waals surface area contributed by atoms with Gasteiger partial charge < -0.3 is 0 Å². The van der Waals surface area contributed by atoms with Crippen LogP contribution in [0.2, 0.25) is 0 Å². The van der Waals surface area contributed by atoms with Crippen molar-refractivity contribution in [3.8, 4) is 67.7 Å². The minimum atomic E-state index is -0.596. The molecule has 4 nitrogen and oxygen atoms in total. The van der Waals surface area contributed by atoms with Gasteiger partial charge in [0, 0.05) is 43.6 Å². The predicted molar refractivity (Wildman–Crippen MR) is 244 cm³/mol. The van der Waals surface area contributed by atoms with Crippen molar-refractivity contribution in [2.75, 3.05) is 0 Å². The van der Waals surface area contributed by atoms with Crippen molar-refractivity contribution in [1.29, 1.82) is 0 Å². The van der Waals surface area contributed by atoms with Crippen LogP contribution >= 0.6 is 11.8 Å². The zero-order chi connectivity index (χ0) is 39.6. The molecule has 0 fully saturated rings. The third-order valence-electron chi connectivity index (χ3n) is 12.1. The zero-order valence-electron chi connectivity index (χ0n) is 32.3. The first kappa shape index (κ1) is 34.6. The van der Waals surface area contributed by atoms with Crippen molar-refractivity contribution >= 4 is 22.5 Å². The molecule has 0 unspecified atom stereocenters. The molecule has 60 heavy (non-hydrogen) atoms. The molecule has 0 atom stereocenters. The van der Waals surface area contributed by atoms with E-state index in [0.29, 0.717) is 17.5 Å². The molecule has 0 saturated carbocycles. The van der Waals surface area contributed by atoms with Crippen molar-refractivity contribution < 1.29 is 0 Å². The molecule has 5 heteroatoms. The van der Waals surface area contributed by atoms with Crippen LogP contribution in [-0.4, -0.2) is 19.9 Å². The van der Waals surface area contributed by atoms with Gasteiger partial charge >= 0.3 is 0 Å². The molecule has 0 radical (unpaired) electrons. The van der Waals surface area contributed by atoms with Gasteiger partial charge in [-0.05, 0) is 62.0 Å². The van der Waals surface area contributed by atoms with E-state index in [1.165, 1.54) is 49.2 Å². The molecule has 12 rings (SSSR count). The number of hydrogen-bond acceptors (Lipinski definition) is 5. The van der Waals surface area contributed by atoms with E-state index in [0.717, 1.165) is 43.8 Å². The Balaban J connectivity index is 1.14. The maximum absolute atomic E-state index is 5.28. The summed E-state index contributed by atoms with van der Waals surface area (Å²) in [5.74, 6) is 1.93. The molecule has 0 amide bonds. The SMILES string of the molecule is c1ccc(-c2nc(-c3ccccc3)nc(-c3cccc4c3Sc3c(-c5cccc(-c6nccc7ccccc67)c5)cccc3C43c4ccccc4-c4ccccc43)n2)cc1. The maximum Gasteiger partial charge on any atom is 0.165 e. The van der Waals surface area contributed by atoms with Gasteiger partial charge in [-0.2, -0.15) is 0 Å². The van der Waals surface area contributed by atoms with E-state index in [2.05, 4.69) is 164 Å². The zero-order valence-corrected chi connectivity index (χ0v) is 33.1. The number of nitrogens with zero attached hydrogens (tertiary/aromatic N) is 4. The topological polar surface area (TPSA) is 51.6 Å². The highest BCUT2D eigenvalue weighted by molar-refractivity contribution is 7.99. The van der Waals surface area contributed by atoms with Crippen LogP contribution in [0.25, 0.3) is 78.4 Å². The summed E-state index contributed by atoms with van der Waals surface area (Å²) in [7, 11) is 0. The summed E-state index contributed by atoms with van der Waals surface area (Å²) >= 11 is 1.83. The summed E-state index contributed by atoms with van der Waals surface area (Å²) in [5.41, 5.74) is 14.2. The minimum Gasteiger partial charge on any atom is -0.256 e. The van der Waals surface area contributed by atoms with E-state index in [-0.39, 0.29) is 0 Å². The van der Waals surface area contributed by atoms with Crippen LogP contribution in [0.1, 0.15) is 22.3 Å². The van der Waals surface area contributed by atoms with E-state index >= 15 is 0 Å². The Kier molecular flexibility index (Phi) is 7.97. The number of rotatable bonds is 5. The Morgan fingerprint density at radius 1 is 0.350 bits per heavy atom. The van der Waals surface area contributed by atoms with Gasteiger partial charge in [0.15, 0.2) is 17.5 Å². The lowest BCUT2D eigenvalue weighted by atomic mass is 9.66. The highest BCUT2D eigenvalue weighted by atomic mass is 32.2. The van der Waals surface area contributed by atoms with E-state index in [1.54, 1.807) is 0 Å². The summed E-state index contributed by atoms with van der Waals surface area (Å²) in [6.45, 7) is 0. The van der Waals surface area contributed by atoms with Gasteiger partial charge in [0.05, 0.1) is 11.1 Å². The first-order valence-electron chi connectivity index (χ1n) is 20.2. The smallest absolute Gasteiger partial charge is 0.165 e. The number of aromatic nitrogens is 4. The fourth-order valence-electron chi connectivity index (χ4n) is 9.46. The fourth-order valence-corrected chi connectivity index (χ4v) is 10.9. The van der Waals surface area contributed by atoms with Gasteiger partial charge in [-0.25, -0.2) is 15.0 Å². The molecule has 0 bridgehead atoms. The lowest BCUT2D eigenvalue weighted by Crippen LogP contribution is -2.32. The molecule has 2 aliphatic rings. The number of hydrogen-bond donors (Lipinski definition) is 0. The first-order valence-corrected chi connectivity index (χ1v) is 21.0. The fraction of sp³-hybridized carbons (Fsp3) is 0.0182. The average Bonchev–Trinajstić information content (AvgIpc) is 3.62. The summed E-state index contributed by atoms with van der Waals surface area (Å²) in [5, 5.41) is 2.31. The quantitative estimate of drug-likeness (QED) is 0.174. The average molecular weight is 783 g/mol. The van der Waals surface area contributed by atoms with E-state index in [1.807, 2.05) is 54.4 Å². The highest BCUT2D eigenvalue weighted by Gasteiger charge is 2.51. The molecular weight excluding hydrogens is 749 g/mol. The Hall–Kier alpha value is -7.47. The molecule has 2 aromatic heterocycles. The van der Waals surface area contributed by atoms with Crippen LogP contribution in [0, 0.1) is 0 Å². The molecule has 280 valence electrons. The van der Waals surface area contributed by atoms with Crippen molar-refractivity contribution in [3.63, 3.8) is 0 Å². The van der Waals surface area contributed by atoms with Crippen LogP contribution in [0.5, 0.6) is 0 Å². The van der Waals surface area contributed by atoms with Crippen LogP contribution in [0.4, 0.5) is 0 Å². The molecular formula is C55H34N4S. The third kappa shape index (κ3) is 5.26. The summed E-state index contributed by atoms with van der Waals surface area (Å²) < 4.78 is 0. The van der Waals surface area contributed by atoms with E-state index < -0.39 is 5.41 Å². The van der Waals surface area contributed by atoms with Crippen molar-refractivity contribution in [2.24, 2.45) is 0 Å². The highest BCUT2D eigenvalue weighted by Crippen LogP contribution is 2.64. The van der Waals surface area contributed by atoms with Crippen LogP contribution in [0.15, 0.2) is 216 Å². The molecule has 0 N–H and O–H groups in total. The third-order valence-corrected chi connectivity index (χ3v) is 13.3. The van der Waals surface area contributed by atoms with Gasteiger partial charge in [0.1, 0.15) is 0 Å². The van der Waals surface area contributed by atoms with Gasteiger partial charge in [-0.1, -0.05) is 200 Å². The summed E-state index contributed by atoms with van der Waals surface area (Å²) in [6.07, 6.45) is 1.91. The first-order chi connectivity index (χ1) is 29.8. The number of pyridine rings is 1. The van der Waals surface area contributed by atoms with Crippen LogP contribution in [0.3, 0.4) is 0 Å². The second kappa shape index (κ2) is 13.8. The Labute approximate surface area is 352 Å². The van der Waals surface area contributed by atoms with Gasteiger partial charge in [-0.3, -0.25) is 4.98 Å². The largest absolute Gasteiger partial charge is 0.256 e. The summed E-state index contributed by atoms with van der Waals surface area (Å²) in [4.78, 5) is 22.9. The lowest BCUT2D eigenvalue weighted by molar-refractivity contribution is 0.723. The van der Waals surface area contributed by atoms with Gasteiger partial charge in [0.2, 0.25) is 0 Å². The van der Waals surface area contributed by atoms with Crippen molar-refractivity contribution in [3.05, 3.63) is 229 Å². The monoisotopic (exact) mass is 782 g/mol. The molecule has 1 aliphatic carbocycles. The number of fused-ring (bicyclic) bond motifs is 10. The van der Waals surface area contributed by atoms with Gasteiger partial charge in [-0.15, -0.1) is 0 Å². The molecule has 0 saturated heterocycles. The Morgan fingerprint density at radius 2 is 0.833 bits per heavy atom. The molecule has 3 heterocycles. The standard InChI is InChI=1S/C55H34N4S/c1-3-17-36(18-4-1)52-57-53(37-19-5-2-6-20-37)59-54(58-52)44-27-15-31-48-51(44)60-50-41(38-21-13-22-39(34-38)49-40-23-8-7-16-35(40)32-33-56-49)26-14-30-47(50)55(48)45-28-11-9-24-42(45)43-25-10-12-29-46(43)55/h1-34H. The Bertz CT molecular complexity index is 3200. The molecule has 1 aliphatic heterocycles. The van der Waals surface area contributed by atoms with Gasteiger partial charge in [0.25, 0.3) is 0 Å². The normalized spacial score (nSPS) is 13.1. The molecule has 10 aromatic rings.